The van der Waals surface area contributed by atoms with Gasteiger partial charge in [0.2, 0.25) is 0 Å². The molecule has 0 aromatic heterocycles. The van der Waals surface area contributed by atoms with Gasteiger partial charge in [-0.1, -0.05) is 78.2 Å². The third-order valence-electron chi connectivity index (χ3n) is 6.09. The standard InChI is InChI=1S/C24H33BrNO/c1-2-3-9-24(27)19-26(18-20-10-12-23(25)13-11-20)16-14-22(15-17-26)21-7-5-4-6-8-21/h4-8,10-13,22,24,27H,2-3,9,14-19H2,1H3/q+1/t22?,24-,26?/m0/s1. The van der Waals surface area contributed by atoms with Crippen molar-refractivity contribution < 1.29 is 9.59 Å². The van der Waals surface area contributed by atoms with Crippen LogP contribution in [0.2, 0.25) is 0 Å². The second-order valence-corrected chi connectivity index (χ2v) is 9.15. The molecule has 2 nitrogen and oxygen atoms in total. The normalized spacial score (nSPS) is 23.9. The first kappa shape index (κ1) is 20.6. The molecular formula is C24H33BrNO+. The lowest BCUT2D eigenvalue weighted by Crippen LogP contribution is -2.55. The van der Waals surface area contributed by atoms with Crippen molar-refractivity contribution in [3.05, 3.63) is 70.2 Å². The van der Waals surface area contributed by atoms with Crippen molar-refractivity contribution in [1.82, 2.24) is 0 Å². The van der Waals surface area contributed by atoms with Crippen molar-refractivity contribution >= 4 is 15.9 Å². The third-order valence-corrected chi connectivity index (χ3v) is 6.62. The molecule has 2 aromatic carbocycles. The Morgan fingerprint density at radius 2 is 1.70 bits per heavy atom. The Morgan fingerprint density at radius 3 is 2.33 bits per heavy atom. The molecule has 1 fully saturated rings. The number of benzene rings is 2. The zero-order chi connectivity index (χ0) is 19.1. The summed E-state index contributed by atoms with van der Waals surface area (Å²) in [5, 5.41) is 10.7. The summed E-state index contributed by atoms with van der Waals surface area (Å²) in [6.45, 7) is 6.41. The van der Waals surface area contributed by atoms with Gasteiger partial charge in [-0.05, 0) is 30.0 Å². The van der Waals surface area contributed by atoms with E-state index in [1.165, 1.54) is 24.0 Å². The maximum absolute atomic E-state index is 10.7. The summed E-state index contributed by atoms with van der Waals surface area (Å²) in [6, 6.07) is 19.7. The monoisotopic (exact) mass is 430 g/mol. The summed E-state index contributed by atoms with van der Waals surface area (Å²) < 4.78 is 2.15. The van der Waals surface area contributed by atoms with E-state index in [-0.39, 0.29) is 6.10 Å². The van der Waals surface area contributed by atoms with Crippen molar-refractivity contribution in [3.63, 3.8) is 0 Å². The summed E-state index contributed by atoms with van der Waals surface area (Å²) in [5.74, 6) is 0.662. The van der Waals surface area contributed by atoms with Crippen LogP contribution in [0.15, 0.2) is 59.1 Å². The maximum atomic E-state index is 10.7. The minimum absolute atomic E-state index is 0.186. The maximum Gasteiger partial charge on any atom is 0.105 e. The molecule has 1 aliphatic rings. The molecule has 1 saturated heterocycles. The Labute approximate surface area is 172 Å². The van der Waals surface area contributed by atoms with Crippen LogP contribution in [0.1, 0.15) is 56.1 Å². The van der Waals surface area contributed by atoms with E-state index in [9.17, 15) is 5.11 Å². The minimum atomic E-state index is -0.186. The van der Waals surface area contributed by atoms with Crippen LogP contribution in [-0.2, 0) is 6.54 Å². The van der Waals surface area contributed by atoms with Gasteiger partial charge in [0, 0.05) is 22.9 Å². The van der Waals surface area contributed by atoms with Crippen LogP contribution in [0.25, 0.3) is 0 Å². The Bertz CT molecular complexity index is 677. The number of likely N-dealkylation sites (tertiary alicyclic amines) is 1. The average Bonchev–Trinajstić information content (AvgIpc) is 2.69. The lowest BCUT2D eigenvalue weighted by atomic mass is 9.87. The Balaban J connectivity index is 1.71. The van der Waals surface area contributed by atoms with E-state index < -0.39 is 0 Å². The van der Waals surface area contributed by atoms with Crippen molar-refractivity contribution in [1.29, 1.82) is 0 Å². The molecule has 1 aliphatic heterocycles. The van der Waals surface area contributed by atoms with E-state index >= 15 is 0 Å². The van der Waals surface area contributed by atoms with Crippen LogP contribution >= 0.6 is 15.9 Å². The molecule has 0 saturated carbocycles. The Hall–Kier alpha value is -1.16. The molecule has 27 heavy (non-hydrogen) atoms. The van der Waals surface area contributed by atoms with E-state index in [2.05, 4.69) is 77.5 Å². The highest BCUT2D eigenvalue weighted by Gasteiger charge is 2.36. The quantitative estimate of drug-likeness (QED) is 0.517. The predicted molar refractivity (Wildman–Crippen MR) is 117 cm³/mol. The number of hydrogen-bond acceptors (Lipinski definition) is 1. The van der Waals surface area contributed by atoms with Crippen LogP contribution in [0.3, 0.4) is 0 Å². The fourth-order valence-electron chi connectivity index (χ4n) is 4.53. The van der Waals surface area contributed by atoms with Crippen LogP contribution in [0, 0.1) is 0 Å². The summed E-state index contributed by atoms with van der Waals surface area (Å²) in [4.78, 5) is 0. The third kappa shape index (κ3) is 5.91. The first-order valence-corrected chi connectivity index (χ1v) is 11.2. The molecule has 2 aromatic rings. The van der Waals surface area contributed by atoms with E-state index in [4.69, 9.17) is 0 Å². The number of unbranched alkanes of at least 4 members (excludes halogenated alkanes) is 1. The second-order valence-electron chi connectivity index (χ2n) is 8.24. The molecule has 0 aliphatic carbocycles. The number of piperidine rings is 1. The average molecular weight is 431 g/mol. The molecule has 1 heterocycles. The number of aliphatic hydroxyl groups excluding tert-OH is 1. The molecule has 3 heteroatoms. The SMILES string of the molecule is CCCC[C@H](O)C[N+]1(Cc2ccc(Br)cc2)CCC(c2ccccc2)CC1. The van der Waals surface area contributed by atoms with Crippen molar-refractivity contribution in [2.24, 2.45) is 0 Å². The molecule has 0 unspecified atom stereocenters. The zero-order valence-electron chi connectivity index (χ0n) is 16.5. The molecular weight excluding hydrogens is 398 g/mol. The summed E-state index contributed by atoms with van der Waals surface area (Å²) >= 11 is 3.54. The van der Waals surface area contributed by atoms with Gasteiger partial charge in [0.15, 0.2) is 0 Å². The number of aliphatic hydroxyl groups is 1. The van der Waals surface area contributed by atoms with Gasteiger partial charge in [0.25, 0.3) is 0 Å². The molecule has 0 bridgehead atoms. The van der Waals surface area contributed by atoms with E-state index in [0.717, 1.165) is 54.4 Å². The van der Waals surface area contributed by atoms with Gasteiger partial charge in [0.1, 0.15) is 19.2 Å². The first-order chi connectivity index (χ1) is 13.1. The van der Waals surface area contributed by atoms with E-state index in [1.807, 2.05) is 0 Å². The first-order valence-electron chi connectivity index (χ1n) is 10.4. The molecule has 0 amide bonds. The van der Waals surface area contributed by atoms with Crippen molar-refractivity contribution in [2.45, 2.75) is 57.6 Å². The molecule has 0 radical (unpaired) electrons. The minimum Gasteiger partial charge on any atom is -0.387 e. The lowest BCUT2D eigenvalue weighted by Gasteiger charge is -2.45. The van der Waals surface area contributed by atoms with Gasteiger partial charge < -0.3 is 9.59 Å². The Morgan fingerprint density at radius 1 is 1.04 bits per heavy atom. The summed E-state index contributed by atoms with van der Waals surface area (Å²) in [6.07, 6.45) is 5.43. The molecule has 3 rings (SSSR count). The highest BCUT2D eigenvalue weighted by Crippen LogP contribution is 2.33. The highest BCUT2D eigenvalue weighted by atomic mass is 79.9. The van der Waals surface area contributed by atoms with Gasteiger partial charge in [-0.25, -0.2) is 0 Å². The summed E-state index contributed by atoms with van der Waals surface area (Å²) in [5.41, 5.74) is 2.85. The fourth-order valence-corrected chi connectivity index (χ4v) is 4.80. The number of halogens is 1. The fraction of sp³-hybridized carbons (Fsp3) is 0.500. The van der Waals surface area contributed by atoms with Crippen LogP contribution < -0.4 is 0 Å². The van der Waals surface area contributed by atoms with Gasteiger partial charge >= 0.3 is 0 Å². The van der Waals surface area contributed by atoms with E-state index in [0.29, 0.717) is 5.92 Å². The van der Waals surface area contributed by atoms with Gasteiger partial charge in [-0.2, -0.15) is 0 Å². The Kier molecular flexibility index (Phi) is 7.51. The summed E-state index contributed by atoms with van der Waals surface area (Å²) in [7, 11) is 0. The number of hydrogen-bond donors (Lipinski definition) is 1. The predicted octanol–water partition coefficient (Wildman–Crippen LogP) is 5.89. The molecule has 146 valence electrons. The van der Waals surface area contributed by atoms with Crippen molar-refractivity contribution in [3.8, 4) is 0 Å². The molecule has 1 N–H and O–H groups in total. The largest absolute Gasteiger partial charge is 0.387 e. The van der Waals surface area contributed by atoms with E-state index in [1.54, 1.807) is 0 Å². The molecule has 0 spiro atoms. The van der Waals surface area contributed by atoms with Gasteiger partial charge in [-0.3, -0.25) is 0 Å². The number of quaternary nitrogens is 1. The molecule has 1 atom stereocenters. The van der Waals surface area contributed by atoms with Crippen LogP contribution in [-0.4, -0.2) is 35.3 Å². The zero-order valence-corrected chi connectivity index (χ0v) is 18.1. The van der Waals surface area contributed by atoms with Gasteiger partial charge in [-0.15, -0.1) is 0 Å². The van der Waals surface area contributed by atoms with Gasteiger partial charge in [0.05, 0.1) is 13.1 Å². The van der Waals surface area contributed by atoms with Crippen LogP contribution in [0.4, 0.5) is 0 Å². The van der Waals surface area contributed by atoms with Crippen molar-refractivity contribution in [2.75, 3.05) is 19.6 Å². The number of rotatable bonds is 8. The topological polar surface area (TPSA) is 20.2 Å². The van der Waals surface area contributed by atoms with Crippen LogP contribution in [0.5, 0.6) is 0 Å². The smallest absolute Gasteiger partial charge is 0.105 e. The second kappa shape index (κ2) is 9.86. The number of nitrogens with zero attached hydrogens (tertiary/aromatic N) is 1. The lowest BCUT2D eigenvalue weighted by molar-refractivity contribution is -0.948. The highest BCUT2D eigenvalue weighted by molar-refractivity contribution is 9.10.